The van der Waals surface area contributed by atoms with Gasteiger partial charge >= 0.3 is 18.0 Å². The molecule has 2 aromatic carbocycles. The third kappa shape index (κ3) is 8.38. The van der Waals surface area contributed by atoms with Crippen LogP contribution >= 0.6 is 0 Å². The Morgan fingerprint density at radius 1 is 0.968 bits per heavy atom. The molecule has 0 atom stereocenters. The molecule has 0 radical (unpaired) electrons. The average molecular weight is 429 g/mol. The standard InChI is InChI=1S/C23H27NO7/c1-5-28-20(25)15-29-19-12-11-17(13-18(19)21(26)31-23(2,3)4)24-22(27)30-14-16-9-7-6-8-10-16/h6-13H,5,14-15H2,1-4H3,(H,24,27). The molecule has 0 unspecified atom stereocenters. The van der Waals surface area contributed by atoms with E-state index >= 15 is 0 Å². The summed E-state index contributed by atoms with van der Waals surface area (Å²) in [5.74, 6) is -1.09. The second kappa shape index (κ2) is 11.0. The van der Waals surface area contributed by atoms with Crippen LogP contribution < -0.4 is 10.1 Å². The summed E-state index contributed by atoms with van der Waals surface area (Å²) in [6.45, 7) is 6.82. The Balaban J connectivity index is 2.12. The zero-order valence-electron chi connectivity index (χ0n) is 18.1. The van der Waals surface area contributed by atoms with Gasteiger partial charge in [-0.1, -0.05) is 30.3 Å². The lowest BCUT2D eigenvalue weighted by Crippen LogP contribution is -2.25. The van der Waals surface area contributed by atoms with Gasteiger partial charge in [0.2, 0.25) is 0 Å². The van der Waals surface area contributed by atoms with Crippen molar-refractivity contribution in [3.63, 3.8) is 0 Å². The molecule has 8 heteroatoms. The molecular weight excluding hydrogens is 402 g/mol. The fourth-order valence-electron chi connectivity index (χ4n) is 2.44. The highest BCUT2D eigenvalue weighted by Crippen LogP contribution is 2.26. The number of esters is 2. The zero-order chi connectivity index (χ0) is 22.9. The van der Waals surface area contributed by atoms with Crippen molar-refractivity contribution < 1.29 is 33.3 Å². The third-order valence-corrected chi connectivity index (χ3v) is 3.71. The highest BCUT2D eigenvalue weighted by atomic mass is 16.6. The lowest BCUT2D eigenvalue weighted by molar-refractivity contribution is -0.145. The molecule has 0 aliphatic rings. The summed E-state index contributed by atoms with van der Waals surface area (Å²) in [5, 5.41) is 2.57. The van der Waals surface area contributed by atoms with Gasteiger partial charge in [0.15, 0.2) is 6.61 Å². The summed E-state index contributed by atoms with van der Waals surface area (Å²) in [7, 11) is 0. The Kier molecular flexibility index (Phi) is 8.43. The molecule has 0 saturated carbocycles. The number of nitrogens with one attached hydrogen (secondary N) is 1. The van der Waals surface area contributed by atoms with E-state index in [2.05, 4.69) is 5.32 Å². The van der Waals surface area contributed by atoms with Crippen LogP contribution in [0.25, 0.3) is 0 Å². The van der Waals surface area contributed by atoms with Crippen molar-refractivity contribution >= 4 is 23.7 Å². The molecule has 0 heterocycles. The van der Waals surface area contributed by atoms with Crippen LogP contribution in [0.1, 0.15) is 43.6 Å². The Bertz CT molecular complexity index is 904. The van der Waals surface area contributed by atoms with E-state index in [1.807, 2.05) is 30.3 Å². The zero-order valence-corrected chi connectivity index (χ0v) is 18.1. The van der Waals surface area contributed by atoms with Crippen molar-refractivity contribution in [3.05, 3.63) is 59.7 Å². The molecule has 0 aliphatic heterocycles. The SMILES string of the molecule is CCOC(=O)COc1ccc(NC(=O)OCc2ccccc2)cc1C(=O)OC(C)(C)C. The molecule has 1 N–H and O–H groups in total. The van der Waals surface area contributed by atoms with Gasteiger partial charge in [-0.15, -0.1) is 0 Å². The van der Waals surface area contributed by atoms with Gasteiger partial charge in [0.25, 0.3) is 0 Å². The monoisotopic (exact) mass is 429 g/mol. The molecule has 0 spiro atoms. The highest BCUT2D eigenvalue weighted by molar-refractivity contribution is 5.95. The van der Waals surface area contributed by atoms with Crippen molar-refractivity contribution in [2.75, 3.05) is 18.5 Å². The minimum absolute atomic E-state index is 0.0556. The van der Waals surface area contributed by atoms with Crippen LogP contribution in [0.2, 0.25) is 0 Å². The first-order chi connectivity index (χ1) is 14.7. The van der Waals surface area contributed by atoms with E-state index in [0.717, 1.165) is 5.56 Å². The van der Waals surface area contributed by atoms with E-state index in [1.54, 1.807) is 27.7 Å². The van der Waals surface area contributed by atoms with E-state index in [0.29, 0.717) is 5.69 Å². The molecule has 8 nitrogen and oxygen atoms in total. The van der Waals surface area contributed by atoms with Gasteiger partial charge in [-0.05, 0) is 51.5 Å². The first kappa shape index (κ1) is 23.7. The molecule has 166 valence electrons. The summed E-state index contributed by atoms with van der Waals surface area (Å²) in [6.07, 6.45) is -0.681. The Morgan fingerprint density at radius 2 is 1.68 bits per heavy atom. The quantitative estimate of drug-likeness (QED) is 0.492. The molecule has 1 amide bonds. The maximum Gasteiger partial charge on any atom is 0.411 e. The molecule has 0 fully saturated rings. The normalized spacial score (nSPS) is 10.7. The van der Waals surface area contributed by atoms with Crippen molar-refractivity contribution in [1.82, 2.24) is 0 Å². The number of carbonyl (C=O) groups excluding carboxylic acids is 3. The first-order valence-electron chi connectivity index (χ1n) is 9.81. The van der Waals surface area contributed by atoms with Crippen molar-refractivity contribution in [2.24, 2.45) is 0 Å². The van der Waals surface area contributed by atoms with Gasteiger partial charge < -0.3 is 18.9 Å². The van der Waals surface area contributed by atoms with E-state index in [9.17, 15) is 14.4 Å². The largest absolute Gasteiger partial charge is 0.481 e. The van der Waals surface area contributed by atoms with Gasteiger partial charge in [-0.25, -0.2) is 14.4 Å². The Labute approximate surface area is 181 Å². The first-order valence-corrected chi connectivity index (χ1v) is 9.81. The lowest BCUT2D eigenvalue weighted by atomic mass is 10.1. The summed E-state index contributed by atoms with van der Waals surface area (Å²) >= 11 is 0. The van der Waals surface area contributed by atoms with E-state index in [4.69, 9.17) is 18.9 Å². The van der Waals surface area contributed by atoms with Crippen LogP contribution in [0.3, 0.4) is 0 Å². The molecule has 2 rings (SSSR count). The van der Waals surface area contributed by atoms with Gasteiger partial charge in [0.1, 0.15) is 23.5 Å². The molecule has 31 heavy (non-hydrogen) atoms. The fourth-order valence-corrected chi connectivity index (χ4v) is 2.44. The summed E-state index contributed by atoms with van der Waals surface area (Å²) in [4.78, 5) is 36.4. The number of ether oxygens (including phenoxy) is 4. The van der Waals surface area contributed by atoms with Gasteiger partial charge in [-0.3, -0.25) is 5.32 Å². The third-order valence-electron chi connectivity index (χ3n) is 3.71. The van der Waals surface area contributed by atoms with E-state index < -0.39 is 23.6 Å². The Morgan fingerprint density at radius 3 is 2.32 bits per heavy atom. The second-order valence-corrected chi connectivity index (χ2v) is 7.49. The number of carbonyl (C=O) groups is 3. The fraction of sp³-hybridized carbons (Fsp3) is 0.348. The number of hydrogen-bond acceptors (Lipinski definition) is 7. The number of benzene rings is 2. The summed E-state index contributed by atoms with van der Waals surface area (Å²) in [6, 6.07) is 13.6. The predicted molar refractivity (Wildman–Crippen MR) is 114 cm³/mol. The van der Waals surface area contributed by atoms with Crippen LogP contribution in [0.4, 0.5) is 10.5 Å². The van der Waals surface area contributed by atoms with Crippen molar-refractivity contribution in [3.8, 4) is 5.75 Å². The summed E-state index contributed by atoms with van der Waals surface area (Å²) in [5.41, 5.74) is 0.463. The maximum absolute atomic E-state index is 12.6. The van der Waals surface area contributed by atoms with Crippen molar-refractivity contribution in [2.45, 2.75) is 39.9 Å². The van der Waals surface area contributed by atoms with Crippen molar-refractivity contribution in [1.29, 1.82) is 0 Å². The lowest BCUT2D eigenvalue weighted by Gasteiger charge is -2.21. The minimum atomic E-state index is -0.743. The molecule has 2 aromatic rings. The number of hydrogen-bond donors (Lipinski definition) is 1. The molecule has 0 aliphatic carbocycles. The van der Waals surface area contributed by atoms with Gasteiger partial charge in [0.05, 0.1) is 6.61 Å². The second-order valence-electron chi connectivity index (χ2n) is 7.49. The topological polar surface area (TPSA) is 100 Å². The molecule has 0 aromatic heterocycles. The number of amides is 1. The smallest absolute Gasteiger partial charge is 0.411 e. The number of anilines is 1. The van der Waals surface area contributed by atoms with Crippen LogP contribution in [-0.4, -0.2) is 36.8 Å². The van der Waals surface area contributed by atoms with Crippen LogP contribution in [0.5, 0.6) is 5.75 Å². The van der Waals surface area contributed by atoms with Crippen LogP contribution in [0.15, 0.2) is 48.5 Å². The average Bonchev–Trinajstić information content (AvgIpc) is 2.71. The highest BCUT2D eigenvalue weighted by Gasteiger charge is 2.22. The van der Waals surface area contributed by atoms with Crippen LogP contribution in [-0.2, 0) is 25.6 Å². The van der Waals surface area contributed by atoms with E-state index in [-0.39, 0.29) is 31.1 Å². The molecule has 0 bridgehead atoms. The van der Waals surface area contributed by atoms with Gasteiger partial charge in [-0.2, -0.15) is 0 Å². The maximum atomic E-state index is 12.6. The number of rotatable bonds is 8. The summed E-state index contributed by atoms with van der Waals surface area (Å²) < 4.78 is 20.9. The van der Waals surface area contributed by atoms with E-state index in [1.165, 1.54) is 18.2 Å². The Hall–Kier alpha value is -3.55. The molecular formula is C23H27NO7. The van der Waals surface area contributed by atoms with Crippen LogP contribution in [0, 0.1) is 0 Å². The molecule has 0 saturated heterocycles. The predicted octanol–water partition coefficient (Wildman–Crippen LogP) is 4.33. The van der Waals surface area contributed by atoms with Gasteiger partial charge in [0, 0.05) is 5.69 Å². The minimum Gasteiger partial charge on any atom is -0.481 e.